The van der Waals surface area contributed by atoms with Crippen LogP contribution >= 0.6 is 0 Å². The van der Waals surface area contributed by atoms with Gasteiger partial charge in [-0.2, -0.15) is 5.10 Å². The van der Waals surface area contributed by atoms with Gasteiger partial charge in [0.15, 0.2) is 5.65 Å². The van der Waals surface area contributed by atoms with Crippen LogP contribution in [-0.2, 0) is 13.1 Å². The summed E-state index contributed by atoms with van der Waals surface area (Å²) in [7, 11) is 0. The molecule has 0 radical (unpaired) electrons. The maximum atomic E-state index is 13.9. The largest absolute Gasteiger partial charge is 0.381 e. The highest BCUT2D eigenvalue weighted by molar-refractivity contribution is 6.06. The number of aromatic nitrogens is 3. The second-order valence-electron chi connectivity index (χ2n) is 7.50. The first-order valence-corrected chi connectivity index (χ1v) is 10.3. The van der Waals surface area contributed by atoms with Crippen LogP contribution in [0.3, 0.4) is 0 Å². The molecule has 0 aliphatic heterocycles. The number of fused-ring (bicyclic) bond motifs is 1. The third kappa shape index (κ3) is 4.09. The van der Waals surface area contributed by atoms with Crippen molar-refractivity contribution < 1.29 is 9.18 Å². The number of nitrogens with zero attached hydrogens (tertiary/aromatic N) is 3. The lowest BCUT2D eigenvalue weighted by molar-refractivity contribution is 0.0951. The molecule has 0 bridgehead atoms. The van der Waals surface area contributed by atoms with Gasteiger partial charge in [-0.05, 0) is 25.8 Å². The number of halogens is 1. The number of rotatable bonds is 6. The fraction of sp³-hybridized carbons (Fsp3) is 0.409. The summed E-state index contributed by atoms with van der Waals surface area (Å²) in [4.78, 5) is 17.5. The molecule has 1 aromatic carbocycles. The van der Waals surface area contributed by atoms with Crippen LogP contribution in [-0.4, -0.2) is 26.7 Å². The van der Waals surface area contributed by atoms with E-state index in [4.69, 9.17) is 0 Å². The summed E-state index contributed by atoms with van der Waals surface area (Å²) in [5, 5.41) is 11.7. The fourth-order valence-corrected chi connectivity index (χ4v) is 3.95. The van der Waals surface area contributed by atoms with Gasteiger partial charge in [-0.15, -0.1) is 0 Å². The average molecular weight is 395 g/mol. The molecule has 152 valence electrons. The van der Waals surface area contributed by atoms with E-state index in [9.17, 15) is 9.18 Å². The molecular formula is C22H26FN5O. The summed E-state index contributed by atoms with van der Waals surface area (Å²) in [6.07, 6.45) is 9.17. The van der Waals surface area contributed by atoms with Gasteiger partial charge in [0.25, 0.3) is 5.91 Å². The quantitative estimate of drug-likeness (QED) is 0.654. The van der Waals surface area contributed by atoms with Gasteiger partial charge in [0.1, 0.15) is 5.82 Å². The Bertz CT molecular complexity index is 1010. The average Bonchev–Trinajstić information content (AvgIpc) is 3.17. The van der Waals surface area contributed by atoms with E-state index in [0.29, 0.717) is 23.7 Å². The zero-order valence-corrected chi connectivity index (χ0v) is 16.6. The van der Waals surface area contributed by atoms with Crippen molar-refractivity contribution in [2.75, 3.05) is 5.32 Å². The van der Waals surface area contributed by atoms with E-state index in [-0.39, 0.29) is 18.3 Å². The number of anilines is 1. The van der Waals surface area contributed by atoms with E-state index in [0.717, 1.165) is 29.6 Å². The van der Waals surface area contributed by atoms with Gasteiger partial charge in [0.2, 0.25) is 0 Å². The van der Waals surface area contributed by atoms with Crippen molar-refractivity contribution in [2.24, 2.45) is 0 Å². The number of hydrogen-bond donors (Lipinski definition) is 2. The van der Waals surface area contributed by atoms with Crippen LogP contribution in [0.25, 0.3) is 11.0 Å². The van der Waals surface area contributed by atoms with E-state index < -0.39 is 0 Å². The summed E-state index contributed by atoms with van der Waals surface area (Å²) in [5.41, 5.74) is 2.45. The van der Waals surface area contributed by atoms with Crippen molar-refractivity contribution in [1.82, 2.24) is 20.1 Å². The molecule has 0 spiro atoms. The van der Waals surface area contributed by atoms with Gasteiger partial charge in [-0.1, -0.05) is 37.5 Å². The first kappa shape index (κ1) is 19.4. The minimum absolute atomic E-state index is 0.126. The van der Waals surface area contributed by atoms with Crippen LogP contribution in [0, 0.1) is 5.82 Å². The van der Waals surface area contributed by atoms with Crippen molar-refractivity contribution in [3.05, 3.63) is 53.6 Å². The molecule has 1 fully saturated rings. The molecule has 1 aliphatic carbocycles. The van der Waals surface area contributed by atoms with Crippen molar-refractivity contribution in [3.8, 4) is 0 Å². The predicted molar refractivity (Wildman–Crippen MR) is 111 cm³/mol. The number of aryl methyl sites for hydroxylation is 1. The standard InChI is InChI=1S/C22H26FN5O/c1-2-28-21-17(14-26-28)20(27-16-9-4-3-5-10-16)18(13-24-21)22(29)25-12-15-8-6-7-11-19(15)23/h6-8,11,13-14,16H,2-5,9-10,12H2,1H3,(H,24,27)(H,25,29). The Balaban J connectivity index is 1.63. The van der Waals surface area contributed by atoms with Crippen molar-refractivity contribution >= 4 is 22.6 Å². The molecule has 1 saturated carbocycles. The zero-order valence-electron chi connectivity index (χ0n) is 16.6. The molecule has 2 aromatic heterocycles. The first-order valence-electron chi connectivity index (χ1n) is 10.3. The Hall–Kier alpha value is -2.96. The van der Waals surface area contributed by atoms with Gasteiger partial charge in [-0.3, -0.25) is 4.79 Å². The van der Waals surface area contributed by atoms with Gasteiger partial charge < -0.3 is 10.6 Å². The highest BCUT2D eigenvalue weighted by Gasteiger charge is 2.22. The molecule has 2 heterocycles. The zero-order chi connectivity index (χ0) is 20.2. The van der Waals surface area contributed by atoms with Crippen LogP contribution in [0.15, 0.2) is 36.7 Å². The molecule has 1 aliphatic rings. The second kappa shape index (κ2) is 8.59. The molecule has 4 rings (SSSR count). The second-order valence-corrected chi connectivity index (χ2v) is 7.50. The molecule has 0 saturated heterocycles. The fourth-order valence-electron chi connectivity index (χ4n) is 3.95. The molecule has 2 N–H and O–H groups in total. The van der Waals surface area contributed by atoms with Crippen LogP contribution < -0.4 is 10.6 Å². The Morgan fingerprint density at radius 1 is 1.21 bits per heavy atom. The Labute approximate surface area is 169 Å². The summed E-state index contributed by atoms with van der Waals surface area (Å²) in [6, 6.07) is 6.79. The number of carbonyl (C=O) groups excluding carboxylic acids is 1. The van der Waals surface area contributed by atoms with Crippen LogP contribution in [0.4, 0.5) is 10.1 Å². The number of benzene rings is 1. The van der Waals surface area contributed by atoms with Crippen molar-refractivity contribution in [3.63, 3.8) is 0 Å². The third-order valence-corrected chi connectivity index (χ3v) is 5.56. The lowest BCUT2D eigenvalue weighted by atomic mass is 9.95. The highest BCUT2D eigenvalue weighted by atomic mass is 19.1. The van der Waals surface area contributed by atoms with E-state index in [2.05, 4.69) is 20.7 Å². The van der Waals surface area contributed by atoms with E-state index >= 15 is 0 Å². The molecule has 1 amide bonds. The Morgan fingerprint density at radius 2 is 2.00 bits per heavy atom. The SMILES string of the molecule is CCn1ncc2c(NC3CCCCC3)c(C(=O)NCc3ccccc3F)cnc21. The molecule has 7 heteroatoms. The van der Waals surface area contributed by atoms with Gasteiger partial charge in [0, 0.05) is 30.9 Å². The first-order chi connectivity index (χ1) is 14.2. The van der Waals surface area contributed by atoms with E-state index in [1.807, 2.05) is 11.6 Å². The number of nitrogens with one attached hydrogen (secondary N) is 2. The molecule has 0 atom stereocenters. The number of carbonyl (C=O) groups is 1. The highest BCUT2D eigenvalue weighted by Crippen LogP contribution is 2.30. The Morgan fingerprint density at radius 3 is 2.76 bits per heavy atom. The maximum absolute atomic E-state index is 13.9. The summed E-state index contributed by atoms with van der Waals surface area (Å²) >= 11 is 0. The van der Waals surface area contributed by atoms with Gasteiger partial charge in [0.05, 0.1) is 22.8 Å². The van der Waals surface area contributed by atoms with Crippen LogP contribution in [0.5, 0.6) is 0 Å². The topological polar surface area (TPSA) is 71.8 Å². The number of amides is 1. The lowest BCUT2D eigenvalue weighted by Crippen LogP contribution is -2.28. The molecule has 29 heavy (non-hydrogen) atoms. The molecule has 0 unspecified atom stereocenters. The van der Waals surface area contributed by atoms with Crippen LogP contribution in [0.2, 0.25) is 0 Å². The molecular weight excluding hydrogens is 369 g/mol. The minimum atomic E-state index is -0.328. The van der Waals surface area contributed by atoms with Gasteiger partial charge in [-0.25, -0.2) is 14.1 Å². The van der Waals surface area contributed by atoms with Crippen molar-refractivity contribution in [1.29, 1.82) is 0 Å². The number of pyridine rings is 1. The smallest absolute Gasteiger partial charge is 0.255 e. The third-order valence-electron chi connectivity index (χ3n) is 5.56. The minimum Gasteiger partial charge on any atom is -0.381 e. The normalized spacial score (nSPS) is 14.8. The molecule has 3 aromatic rings. The Kier molecular flexibility index (Phi) is 5.74. The predicted octanol–water partition coefficient (Wildman–Crippen LogP) is 4.26. The van der Waals surface area contributed by atoms with E-state index in [1.165, 1.54) is 25.3 Å². The lowest BCUT2D eigenvalue weighted by Gasteiger charge is -2.25. The van der Waals surface area contributed by atoms with E-state index in [1.54, 1.807) is 30.6 Å². The summed E-state index contributed by atoms with van der Waals surface area (Å²) in [6.45, 7) is 2.84. The van der Waals surface area contributed by atoms with Crippen molar-refractivity contribution in [2.45, 2.75) is 58.2 Å². The summed E-state index contributed by atoms with van der Waals surface area (Å²) < 4.78 is 15.7. The van der Waals surface area contributed by atoms with Crippen LogP contribution in [0.1, 0.15) is 54.9 Å². The van der Waals surface area contributed by atoms with Gasteiger partial charge >= 0.3 is 0 Å². The maximum Gasteiger partial charge on any atom is 0.255 e. The number of hydrogen-bond acceptors (Lipinski definition) is 4. The monoisotopic (exact) mass is 395 g/mol. The molecule has 6 nitrogen and oxygen atoms in total. The summed E-state index contributed by atoms with van der Waals surface area (Å²) in [5.74, 6) is -0.601.